The molecule has 2 rings (SSSR count). The average Bonchev–Trinajstić information content (AvgIpc) is 2.86. The zero-order valence-corrected chi connectivity index (χ0v) is 11.9. The maximum Gasteiger partial charge on any atom is 0.226 e. The highest BCUT2D eigenvalue weighted by Gasteiger charge is 2.15. The van der Waals surface area contributed by atoms with Crippen molar-refractivity contribution in [1.82, 2.24) is 20.2 Å². The molecule has 2 heterocycles. The van der Waals surface area contributed by atoms with Gasteiger partial charge in [-0.1, -0.05) is 0 Å². The molecule has 3 N–H and O–H groups in total. The zero-order chi connectivity index (χ0) is 14.5. The van der Waals surface area contributed by atoms with E-state index in [1.807, 2.05) is 18.9 Å². The summed E-state index contributed by atoms with van der Waals surface area (Å²) in [6, 6.07) is 0. The van der Waals surface area contributed by atoms with Gasteiger partial charge in [-0.25, -0.2) is 0 Å². The predicted molar refractivity (Wildman–Crippen MR) is 77.0 cm³/mol. The van der Waals surface area contributed by atoms with E-state index in [1.165, 1.54) is 0 Å². The number of methoxy groups -OCH3 is 1. The second-order valence-electron chi connectivity index (χ2n) is 4.52. The van der Waals surface area contributed by atoms with Crippen molar-refractivity contribution in [3.05, 3.63) is 6.20 Å². The number of H-pyrrole nitrogens is 1. The molecule has 8 heteroatoms. The van der Waals surface area contributed by atoms with Crippen molar-refractivity contribution < 1.29 is 9.84 Å². The lowest BCUT2D eigenvalue weighted by molar-refractivity contribution is 0.0694. The Hall–Kier alpha value is -1.93. The van der Waals surface area contributed by atoms with Crippen molar-refractivity contribution in [3.8, 4) is 0 Å². The normalized spacial score (nSPS) is 12.6. The lowest BCUT2D eigenvalue weighted by Crippen LogP contribution is -2.32. The van der Waals surface area contributed by atoms with E-state index in [2.05, 4.69) is 25.5 Å². The molecule has 110 valence electrons. The number of nitrogens with zero attached hydrogens (tertiary/aromatic N) is 4. The van der Waals surface area contributed by atoms with Crippen LogP contribution >= 0.6 is 0 Å². The molecular formula is C12H20N6O2. The summed E-state index contributed by atoms with van der Waals surface area (Å²) in [5.41, 5.74) is 0.666. The molecule has 0 saturated heterocycles. The Kier molecular flexibility index (Phi) is 4.70. The fraction of sp³-hybridized carbons (Fsp3) is 0.583. The molecule has 20 heavy (non-hydrogen) atoms. The zero-order valence-electron chi connectivity index (χ0n) is 11.9. The Morgan fingerprint density at radius 3 is 3.00 bits per heavy atom. The number of nitrogens with one attached hydrogen (secondary N) is 2. The summed E-state index contributed by atoms with van der Waals surface area (Å²) in [5, 5.41) is 20.6. The molecule has 0 aliphatic carbocycles. The minimum Gasteiger partial charge on any atom is -0.389 e. The predicted octanol–water partition coefficient (Wildman–Crippen LogP) is 0.228. The number of aromatic amines is 1. The van der Waals surface area contributed by atoms with E-state index < -0.39 is 6.10 Å². The topological polar surface area (TPSA) is 99.2 Å². The fourth-order valence-electron chi connectivity index (χ4n) is 2.00. The molecule has 0 saturated carbocycles. The van der Waals surface area contributed by atoms with Crippen molar-refractivity contribution in [2.75, 3.05) is 44.1 Å². The standard InChI is InChI=1S/C12H20N6O2/c1-4-13-12-15-10-9(5-14-17-10)11(16-12)18(2)6-8(19)7-20-3/h5,8,19H,4,6-7H2,1-3H3,(H2,13,14,15,16,17). The van der Waals surface area contributed by atoms with Crippen LogP contribution in [0.5, 0.6) is 0 Å². The van der Waals surface area contributed by atoms with Gasteiger partial charge in [0, 0.05) is 27.2 Å². The number of ether oxygens (including phenoxy) is 1. The van der Waals surface area contributed by atoms with Crippen LogP contribution in [0.1, 0.15) is 6.92 Å². The maximum absolute atomic E-state index is 9.83. The minimum absolute atomic E-state index is 0.282. The molecule has 0 bridgehead atoms. The highest BCUT2D eigenvalue weighted by molar-refractivity contribution is 5.87. The number of aliphatic hydroxyl groups is 1. The van der Waals surface area contributed by atoms with Crippen LogP contribution in [-0.2, 0) is 4.74 Å². The third kappa shape index (κ3) is 3.14. The Labute approximate surface area is 117 Å². The summed E-state index contributed by atoms with van der Waals surface area (Å²) < 4.78 is 4.93. The van der Waals surface area contributed by atoms with Crippen molar-refractivity contribution >= 4 is 22.8 Å². The van der Waals surface area contributed by atoms with E-state index in [0.717, 1.165) is 17.7 Å². The number of aliphatic hydroxyl groups excluding tert-OH is 1. The van der Waals surface area contributed by atoms with Gasteiger partial charge in [0.1, 0.15) is 5.82 Å². The second kappa shape index (κ2) is 6.49. The van der Waals surface area contributed by atoms with Gasteiger partial charge in [0.05, 0.1) is 24.3 Å². The summed E-state index contributed by atoms with van der Waals surface area (Å²) >= 11 is 0. The van der Waals surface area contributed by atoms with E-state index >= 15 is 0 Å². The van der Waals surface area contributed by atoms with E-state index in [9.17, 15) is 5.11 Å². The number of anilines is 2. The Morgan fingerprint density at radius 1 is 1.50 bits per heavy atom. The van der Waals surface area contributed by atoms with Gasteiger partial charge >= 0.3 is 0 Å². The first kappa shape index (κ1) is 14.5. The molecule has 1 unspecified atom stereocenters. The smallest absolute Gasteiger partial charge is 0.226 e. The van der Waals surface area contributed by atoms with Gasteiger partial charge in [-0.15, -0.1) is 0 Å². The van der Waals surface area contributed by atoms with Crippen molar-refractivity contribution in [1.29, 1.82) is 0 Å². The van der Waals surface area contributed by atoms with Crippen LogP contribution in [0.3, 0.4) is 0 Å². The first-order valence-corrected chi connectivity index (χ1v) is 6.48. The van der Waals surface area contributed by atoms with Crippen LogP contribution in [0.15, 0.2) is 6.20 Å². The quantitative estimate of drug-likeness (QED) is 0.667. The number of aromatic nitrogens is 4. The SMILES string of the molecule is CCNc1nc(N(C)CC(O)COC)c2cn[nH]c2n1. The maximum atomic E-state index is 9.83. The van der Waals surface area contributed by atoms with Crippen LogP contribution in [0, 0.1) is 0 Å². The van der Waals surface area contributed by atoms with Gasteiger partial charge in [-0.05, 0) is 6.92 Å². The highest BCUT2D eigenvalue weighted by Crippen LogP contribution is 2.23. The second-order valence-corrected chi connectivity index (χ2v) is 4.52. The molecule has 1 atom stereocenters. The van der Waals surface area contributed by atoms with E-state index in [1.54, 1.807) is 13.3 Å². The molecule has 0 fully saturated rings. The van der Waals surface area contributed by atoms with Gasteiger partial charge in [0.15, 0.2) is 5.65 Å². The Morgan fingerprint density at radius 2 is 2.30 bits per heavy atom. The molecular weight excluding hydrogens is 260 g/mol. The molecule has 2 aromatic heterocycles. The monoisotopic (exact) mass is 280 g/mol. The largest absolute Gasteiger partial charge is 0.389 e. The average molecular weight is 280 g/mol. The number of fused-ring (bicyclic) bond motifs is 1. The molecule has 0 spiro atoms. The van der Waals surface area contributed by atoms with Crippen LogP contribution < -0.4 is 10.2 Å². The van der Waals surface area contributed by atoms with Gasteiger partial charge in [-0.3, -0.25) is 5.10 Å². The van der Waals surface area contributed by atoms with Crippen molar-refractivity contribution in [2.24, 2.45) is 0 Å². The Bertz CT molecular complexity index is 558. The van der Waals surface area contributed by atoms with Crippen LogP contribution in [0.4, 0.5) is 11.8 Å². The number of hydrogen-bond donors (Lipinski definition) is 3. The van der Waals surface area contributed by atoms with E-state index in [-0.39, 0.29) is 6.61 Å². The number of hydrogen-bond acceptors (Lipinski definition) is 7. The third-order valence-corrected chi connectivity index (χ3v) is 2.83. The minimum atomic E-state index is -0.579. The van der Waals surface area contributed by atoms with Crippen molar-refractivity contribution in [2.45, 2.75) is 13.0 Å². The molecule has 0 aliphatic rings. The Balaban J connectivity index is 2.28. The summed E-state index contributed by atoms with van der Waals surface area (Å²) in [4.78, 5) is 10.7. The summed E-state index contributed by atoms with van der Waals surface area (Å²) in [6.07, 6.45) is 1.10. The van der Waals surface area contributed by atoms with E-state index in [4.69, 9.17) is 4.74 Å². The molecule has 2 aromatic rings. The highest BCUT2D eigenvalue weighted by atomic mass is 16.5. The van der Waals surface area contributed by atoms with Gasteiger partial charge in [0.2, 0.25) is 5.95 Å². The van der Waals surface area contributed by atoms with Crippen LogP contribution in [0.25, 0.3) is 11.0 Å². The van der Waals surface area contributed by atoms with Crippen LogP contribution in [0.2, 0.25) is 0 Å². The van der Waals surface area contributed by atoms with Gasteiger partial charge in [0.25, 0.3) is 0 Å². The third-order valence-electron chi connectivity index (χ3n) is 2.83. The first-order chi connectivity index (χ1) is 9.65. The van der Waals surface area contributed by atoms with Crippen molar-refractivity contribution in [3.63, 3.8) is 0 Å². The number of rotatable bonds is 7. The summed E-state index contributed by atoms with van der Waals surface area (Å²) in [7, 11) is 3.43. The fourth-order valence-corrected chi connectivity index (χ4v) is 2.00. The van der Waals surface area contributed by atoms with Gasteiger partial charge < -0.3 is 20.1 Å². The lowest BCUT2D eigenvalue weighted by Gasteiger charge is -2.22. The van der Waals surface area contributed by atoms with E-state index in [0.29, 0.717) is 18.1 Å². The first-order valence-electron chi connectivity index (χ1n) is 6.48. The molecule has 8 nitrogen and oxygen atoms in total. The molecule has 0 radical (unpaired) electrons. The summed E-state index contributed by atoms with van der Waals surface area (Å²) in [5.74, 6) is 1.25. The lowest BCUT2D eigenvalue weighted by atomic mass is 10.3. The molecule has 0 aromatic carbocycles. The number of likely N-dealkylation sites (N-methyl/N-ethyl adjacent to an activating group) is 1. The molecule has 0 amide bonds. The summed E-state index contributed by atoms with van der Waals surface area (Å²) in [6.45, 7) is 3.40. The van der Waals surface area contributed by atoms with Gasteiger partial charge in [-0.2, -0.15) is 15.1 Å². The molecule has 0 aliphatic heterocycles. The van der Waals surface area contributed by atoms with Crippen LogP contribution in [-0.4, -0.2) is 65.2 Å².